The van der Waals surface area contributed by atoms with E-state index in [0.29, 0.717) is 11.3 Å². The third-order valence-electron chi connectivity index (χ3n) is 5.86. The summed E-state index contributed by atoms with van der Waals surface area (Å²) in [6.07, 6.45) is 0.163. The Morgan fingerprint density at radius 3 is 1.81 bits per heavy atom. The summed E-state index contributed by atoms with van der Waals surface area (Å²) >= 11 is 2.18. The molecule has 37 heavy (non-hydrogen) atoms. The fourth-order valence-corrected chi connectivity index (χ4v) is 4.36. The third-order valence-corrected chi connectivity index (χ3v) is 6.58. The molecule has 0 heterocycles. The standard InChI is InChI=1S/C29H24IN3O4/c30-23-13-15-24(16-14-23)31-28(34)26(19-20-11-17-25(18-12-20)33(36)37)32-29(35)27(21-7-3-1-4-8-21)22-9-5-2-6-10-22/h1-18,26-27H,19H2,(H,31,34)(H,32,35)/t26-/m0/s1. The number of halogens is 1. The third kappa shape index (κ3) is 7.01. The van der Waals surface area contributed by atoms with E-state index in [9.17, 15) is 19.7 Å². The quantitative estimate of drug-likeness (QED) is 0.145. The van der Waals surface area contributed by atoms with Crippen molar-refractivity contribution in [1.29, 1.82) is 0 Å². The fraction of sp³-hybridized carbons (Fsp3) is 0.103. The van der Waals surface area contributed by atoms with Crippen LogP contribution in [0.4, 0.5) is 11.4 Å². The second-order valence-corrected chi connectivity index (χ2v) is 9.69. The van der Waals surface area contributed by atoms with Crippen LogP contribution in [0.25, 0.3) is 0 Å². The van der Waals surface area contributed by atoms with Crippen LogP contribution < -0.4 is 10.6 Å². The maximum absolute atomic E-state index is 13.7. The summed E-state index contributed by atoms with van der Waals surface area (Å²) in [6, 6.07) is 31.2. The van der Waals surface area contributed by atoms with Gasteiger partial charge in [-0.05, 0) is 63.5 Å². The lowest BCUT2D eigenvalue weighted by Gasteiger charge is -2.23. The zero-order valence-corrected chi connectivity index (χ0v) is 21.9. The van der Waals surface area contributed by atoms with E-state index in [2.05, 4.69) is 33.2 Å². The van der Waals surface area contributed by atoms with Crippen LogP contribution >= 0.6 is 22.6 Å². The summed E-state index contributed by atoms with van der Waals surface area (Å²) < 4.78 is 1.03. The smallest absolute Gasteiger partial charge is 0.269 e. The van der Waals surface area contributed by atoms with Gasteiger partial charge in [0.25, 0.3) is 5.69 Å². The molecule has 4 aromatic rings. The van der Waals surface area contributed by atoms with Crippen LogP contribution in [0.1, 0.15) is 22.6 Å². The SMILES string of the molecule is O=C(N[C@@H](Cc1ccc([N+](=O)[O-])cc1)C(=O)Nc1ccc(I)cc1)C(c1ccccc1)c1ccccc1. The van der Waals surface area contributed by atoms with Gasteiger partial charge in [-0.1, -0.05) is 72.8 Å². The van der Waals surface area contributed by atoms with Gasteiger partial charge in [0, 0.05) is 27.8 Å². The second kappa shape index (κ2) is 12.3. The second-order valence-electron chi connectivity index (χ2n) is 8.44. The largest absolute Gasteiger partial charge is 0.343 e. The highest BCUT2D eigenvalue weighted by Gasteiger charge is 2.28. The maximum atomic E-state index is 13.7. The van der Waals surface area contributed by atoms with Crippen LogP contribution in [0, 0.1) is 13.7 Å². The molecular weight excluding hydrogens is 581 g/mol. The Kier molecular flexibility index (Phi) is 8.63. The molecule has 0 saturated heterocycles. The van der Waals surface area contributed by atoms with Gasteiger partial charge < -0.3 is 10.6 Å². The molecule has 8 heteroatoms. The topological polar surface area (TPSA) is 101 Å². The minimum absolute atomic E-state index is 0.0408. The van der Waals surface area contributed by atoms with Crippen LogP contribution in [-0.2, 0) is 16.0 Å². The Labute approximate surface area is 228 Å². The average Bonchev–Trinajstić information content (AvgIpc) is 2.91. The van der Waals surface area contributed by atoms with Gasteiger partial charge in [0.2, 0.25) is 11.8 Å². The van der Waals surface area contributed by atoms with Crippen LogP contribution in [0.5, 0.6) is 0 Å². The Morgan fingerprint density at radius 2 is 1.30 bits per heavy atom. The van der Waals surface area contributed by atoms with Crippen LogP contribution in [0.3, 0.4) is 0 Å². The molecule has 0 bridgehead atoms. The lowest BCUT2D eigenvalue weighted by atomic mass is 9.90. The Hall–Kier alpha value is -4.05. The number of hydrogen-bond acceptors (Lipinski definition) is 4. The summed E-state index contributed by atoms with van der Waals surface area (Å²) in [4.78, 5) is 37.6. The Bertz CT molecular complexity index is 1320. The number of nitro benzene ring substituents is 1. The van der Waals surface area contributed by atoms with Gasteiger partial charge in [0.1, 0.15) is 6.04 Å². The Morgan fingerprint density at radius 1 is 0.757 bits per heavy atom. The summed E-state index contributed by atoms with van der Waals surface area (Å²) in [5.74, 6) is -1.32. The number of benzene rings is 4. The van der Waals surface area contributed by atoms with Gasteiger partial charge in [-0.3, -0.25) is 19.7 Å². The molecule has 0 spiro atoms. The normalized spacial score (nSPS) is 11.5. The van der Waals surface area contributed by atoms with E-state index in [-0.39, 0.29) is 23.9 Å². The van der Waals surface area contributed by atoms with Crippen LogP contribution in [0.2, 0.25) is 0 Å². The van der Waals surface area contributed by atoms with Crippen molar-refractivity contribution in [1.82, 2.24) is 5.32 Å². The molecule has 4 rings (SSSR count). The summed E-state index contributed by atoms with van der Waals surface area (Å²) in [5, 5.41) is 16.9. The molecule has 7 nitrogen and oxygen atoms in total. The molecule has 2 amide bonds. The summed E-state index contributed by atoms with van der Waals surface area (Å²) in [6.45, 7) is 0. The molecule has 0 aliphatic rings. The number of anilines is 1. The molecule has 186 valence electrons. The van der Waals surface area contributed by atoms with Crippen molar-refractivity contribution in [3.63, 3.8) is 0 Å². The number of nitrogens with zero attached hydrogens (tertiary/aromatic N) is 1. The number of non-ortho nitro benzene ring substituents is 1. The van der Waals surface area contributed by atoms with Gasteiger partial charge in [-0.15, -0.1) is 0 Å². The highest BCUT2D eigenvalue weighted by molar-refractivity contribution is 14.1. The number of nitro groups is 1. The van der Waals surface area contributed by atoms with Crippen LogP contribution in [-0.4, -0.2) is 22.8 Å². The lowest BCUT2D eigenvalue weighted by molar-refractivity contribution is -0.384. The molecule has 0 saturated carbocycles. The number of amides is 2. The fourth-order valence-electron chi connectivity index (χ4n) is 4.00. The molecule has 2 N–H and O–H groups in total. The number of nitrogens with one attached hydrogen (secondary N) is 2. The number of carbonyl (C=O) groups is 2. The molecule has 0 fully saturated rings. The van der Waals surface area contributed by atoms with Crippen molar-refractivity contribution in [2.45, 2.75) is 18.4 Å². The highest BCUT2D eigenvalue weighted by Crippen LogP contribution is 2.25. The summed E-state index contributed by atoms with van der Waals surface area (Å²) in [7, 11) is 0. The molecule has 0 aliphatic heterocycles. The first kappa shape index (κ1) is 26.0. The predicted octanol–water partition coefficient (Wildman–Crippen LogP) is 5.70. The van der Waals surface area contributed by atoms with E-state index in [1.807, 2.05) is 72.8 Å². The van der Waals surface area contributed by atoms with E-state index in [1.165, 1.54) is 12.1 Å². The van der Waals surface area contributed by atoms with E-state index in [1.54, 1.807) is 24.3 Å². The van der Waals surface area contributed by atoms with Crippen molar-refractivity contribution < 1.29 is 14.5 Å². The average molecular weight is 605 g/mol. The molecule has 4 aromatic carbocycles. The van der Waals surface area contributed by atoms with Crippen molar-refractivity contribution in [2.24, 2.45) is 0 Å². The predicted molar refractivity (Wildman–Crippen MR) is 151 cm³/mol. The van der Waals surface area contributed by atoms with E-state index < -0.39 is 16.9 Å². The van der Waals surface area contributed by atoms with Crippen molar-refractivity contribution in [3.8, 4) is 0 Å². The number of rotatable bonds is 9. The monoisotopic (exact) mass is 605 g/mol. The van der Waals surface area contributed by atoms with E-state index >= 15 is 0 Å². The minimum atomic E-state index is -0.914. The number of carbonyl (C=O) groups excluding carboxylic acids is 2. The van der Waals surface area contributed by atoms with Crippen molar-refractivity contribution in [2.75, 3.05) is 5.32 Å². The van der Waals surface area contributed by atoms with E-state index in [0.717, 1.165) is 14.7 Å². The lowest BCUT2D eigenvalue weighted by Crippen LogP contribution is -2.47. The molecule has 0 aromatic heterocycles. The zero-order chi connectivity index (χ0) is 26.2. The highest BCUT2D eigenvalue weighted by atomic mass is 127. The first-order valence-corrected chi connectivity index (χ1v) is 12.7. The Balaban J connectivity index is 1.62. The van der Waals surface area contributed by atoms with E-state index in [4.69, 9.17) is 0 Å². The van der Waals surface area contributed by atoms with Gasteiger partial charge >= 0.3 is 0 Å². The zero-order valence-electron chi connectivity index (χ0n) is 19.7. The first-order valence-electron chi connectivity index (χ1n) is 11.6. The van der Waals surface area contributed by atoms with Gasteiger partial charge in [0.05, 0.1) is 10.8 Å². The van der Waals surface area contributed by atoms with Crippen molar-refractivity contribution in [3.05, 3.63) is 140 Å². The molecule has 0 unspecified atom stereocenters. The molecule has 1 atom stereocenters. The van der Waals surface area contributed by atoms with Gasteiger partial charge in [-0.2, -0.15) is 0 Å². The molecule has 0 aliphatic carbocycles. The molecular formula is C29H24IN3O4. The minimum Gasteiger partial charge on any atom is -0.343 e. The summed E-state index contributed by atoms with van der Waals surface area (Å²) in [5.41, 5.74) is 2.86. The van der Waals surface area contributed by atoms with Crippen LogP contribution in [0.15, 0.2) is 109 Å². The maximum Gasteiger partial charge on any atom is 0.269 e. The first-order chi connectivity index (χ1) is 17.9. The van der Waals surface area contributed by atoms with Crippen molar-refractivity contribution >= 4 is 45.8 Å². The molecule has 0 radical (unpaired) electrons. The van der Waals surface area contributed by atoms with Gasteiger partial charge in [0.15, 0.2) is 0 Å². The number of hydrogen-bond donors (Lipinski definition) is 2. The van der Waals surface area contributed by atoms with Gasteiger partial charge in [-0.25, -0.2) is 0 Å².